The number of hydrogen-bond donors (Lipinski definition) is 0. The minimum absolute atomic E-state index is 0.502. The first-order valence-electron chi connectivity index (χ1n) is 5.80. The summed E-state index contributed by atoms with van der Waals surface area (Å²) in [5, 5.41) is 7.75. The second-order valence-corrected chi connectivity index (χ2v) is 5.16. The van der Waals surface area contributed by atoms with Crippen molar-refractivity contribution in [2.45, 2.75) is 13.8 Å². The molecule has 2 aromatic heterocycles. The Labute approximate surface area is 119 Å². The quantitative estimate of drug-likeness (QED) is 0.724. The first-order chi connectivity index (χ1) is 9.16. The Morgan fingerprint density at radius 3 is 2.84 bits per heavy atom. The lowest BCUT2D eigenvalue weighted by molar-refractivity contribution is 0.564. The molecule has 0 unspecified atom stereocenters. The van der Waals surface area contributed by atoms with Crippen LogP contribution in [0.2, 0.25) is 0 Å². The van der Waals surface area contributed by atoms with E-state index in [2.05, 4.69) is 36.8 Å². The van der Waals surface area contributed by atoms with Crippen molar-refractivity contribution in [2.75, 3.05) is 0 Å². The number of aryl methyl sites for hydroxylation is 2. The van der Waals surface area contributed by atoms with Gasteiger partial charge in [0.1, 0.15) is 5.69 Å². The molecule has 19 heavy (non-hydrogen) atoms. The van der Waals surface area contributed by atoms with Crippen LogP contribution < -0.4 is 0 Å². The Bertz CT molecular complexity index is 716. The summed E-state index contributed by atoms with van der Waals surface area (Å²) in [5.74, 6) is 0.502. The van der Waals surface area contributed by atoms with Gasteiger partial charge in [-0.15, -0.1) is 10.2 Å². The van der Waals surface area contributed by atoms with Crippen LogP contribution in [0.3, 0.4) is 0 Å². The zero-order chi connectivity index (χ0) is 13.4. The van der Waals surface area contributed by atoms with Gasteiger partial charge in [0, 0.05) is 21.9 Å². The molecule has 95 valence electrons. The predicted octanol–water partition coefficient (Wildman–Crippen LogP) is 3.71. The fraction of sp³-hybridized carbons (Fsp3) is 0.143. The van der Waals surface area contributed by atoms with Crippen molar-refractivity contribution in [1.29, 1.82) is 0 Å². The van der Waals surface area contributed by atoms with Gasteiger partial charge in [0.25, 0.3) is 5.89 Å². The largest absolute Gasteiger partial charge is 0.422 e. The topological polar surface area (TPSA) is 43.9 Å². The number of aromatic nitrogens is 3. The van der Waals surface area contributed by atoms with E-state index in [9.17, 15) is 0 Å². The minimum Gasteiger partial charge on any atom is -0.422 e. The molecule has 0 saturated carbocycles. The Kier molecular flexibility index (Phi) is 2.98. The van der Waals surface area contributed by atoms with Crippen LogP contribution in [0.25, 0.3) is 17.3 Å². The maximum atomic E-state index is 5.33. The van der Waals surface area contributed by atoms with Crippen LogP contribution in [0.5, 0.6) is 0 Å². The van der Waals surface area contributed by atoms with E-state index < -0.39 is 0 Å². The van der Waals surface area contributed by atoms with Crippen molar-refractivity contribution >= 4 is 15.9 Å². The van der Waals surface area contributed by atoms with Gasteiger partial charge in [-0.1, -0.05) is 22.0 Å². The lowest BCUT2D eigenvalue weighted by Crippen LogP contribution is -1.99. The third kappa shape index (κ3) is 2.10. The van der Waals surface area contributed by atoms with Crippen LogP contribution in [0.1, 0.15) is 11.3 Å². The van der Waals surface area contributed by atoms with E-state index in [4.69, 9.17) is 4.42 Å². The van der Waals surface area contributed by atoms with Crippen molar-refractivity contribution in [3.8, 4) is 17.3 Å². The summed E-state index contributed by atoms with van der Waals surface area (Å²) >= 11 is 3.49. The van der Waals surface area contributed by atoms with Crippen molar-refractivity contribution in [3.63, 3.8) is 0 Å². The average molecular weight is 317 g/mol. The van der Waals surface area contributed by atoms with Gasteiger partial charge in [-0.05, 0) is 37.6 Å². The standard InChI is InChI=1S/C14H11BrN3O/c1-9-6-10(2)18(12-5-3-4-11(15)7-12)13(9)14-17-16-8-19-14/h3-5,7-8H,1-2H3. The highest BCUT2D eigenvalue weighted by atomic mass is 79.9. The highest BCUT2D eigenvalue weighted by Crippen LogP contribution is 2.29. The molecule has 0 saturated heterocycles. The van der Waals surface area contributed by atoms with Crippen molar-refractivity contribution in [1.82, 2.24) is 14.8 Å². The Morgan fingerprint density at radius 1 is 1.32 bits per heavy atom. The number of rotatable bonds is 2. The van der Waals surface area contributed by atoms with Crippen LogP contribution in [0, 0.1) is 19.9 Å². The SMILES string of the molecule is Cc1[c]c(C)n(-c2cccc(Br)c2)c1-c1nnco1. The Hall–Kier alpha value is -1.88. The summed E-state index contributed by atoms with van der Waals surface area (Å²) in [6.45, 7) is 3.99. The predicted molar refractivity (Wildman–Crippen MR) is 75.1 cm³/mol. The highest BCUT2D eigenvalue weighted by molar-refractivity contribution is 9.10. The second-order valence-electron chi connectivity index (χ2n) is 4.24. The molecule has 0 spiro atoms. The molecule has 0 aliphatic carbocycles. The summed E-state index contributed by atoms with van der Waals surface area (Å²) in [5.41, 5.74) is 3.91. The lowest BCUT2D eigenvalue weighted by Gasteiger charge is -2.10. The molecule has 0 bridgehead atoms. The van der Waals surface area contributed by atoms with E-state index >= 15 is 0 Å². The van der Waals surface area contributed by atoms with E-state index in [-0.39, 0.29) is 0 Å². The molecule has 0 aliphatic rings. The van der Waals surface area contributed by atoms with Crippen LogP contribution in [0.15, 0.2) is 39.5 Å². The molecule has 4 nitrogen and oxygen atoms in total. The number of halogens is 1. The molecule has 2 heterocycles. The minimum atomic E-state index is 0.502. The lowest BCUT2D eigenvalue weighted by atomic mass is 10.2. The fourth-order valence-electron chi connectivity index (χ4n) is 2.19. The summed E-state index contributed by atoms with van der Waals surface area (Å²) in [6, 6.07) is 11.4. The van der Waals surface area contributed by atoms with Gasteiger partial charge < -0.3 is 8.98 Å². The van der Waals surface area contributed by atoms with Gasteiger partial charge in [-0.25, -0.2) is 0 Å². The van der Waals surface area contributed by atoms with Crippen LogP contribution >= 0.6 is 15.9 Å². The number of benzene rings is 1. The molecule has 0 N–H and O–H groups in total. The van der Waals surface area contributed by atoms with Crippen molar-refractivity contribution < 1.29 is 4.42 Å². The summed E-state index contributed by atoms with van der Waals surface area (Å²) in [7, 11) is 0. The normalized spacial score (nSPS) is 10.9. The van der Waals surface area contributed by atoms with Gasteiger partial charge in [0.2, 0.25) is 6.39 Å². The molecule has 0 aliphatic heterocycles. The second kappa shape index (κ2) is 4.66. The first kappa shape index (κ1) is 12.2. The molecule has 0 atom stereocenters. The van der Waals surface area contributed by atoms with Gasteiger partial charge in [-0.2, -0.15) is 0 Å². The Balaban J connectivity index is 2.27. The van der Waals surface area contributed by atoms with Crippen molar-refractivity contribution in [2.24, 2.45) is 0 Å². The number of hydrogen-bond acceptors (Lipinski definition) is 3. The molecule has 5 heteroatoms. The summed E-state index contributed by atoms with van der Waals surface area (Å²) < 4.78 is 8.42. The van der Waals surface area contributed by atoms with E-state index in [1.54, 1.807) is 0 Å². The molecular formula is C14H11BrN3O. The first-order valence-corrected chi connectivity index (χ1v) is 6.60. The molecule has 0 amide bonds. The van der Waals surface area contributed by atoms with Gasteiger partial charge >= 0.3 is 0 Å². The fourth-order valence-corrected chi connectivity index (χ4v) is 2.58. The Morgan fingerprint density at radius 2 is 2.16 bits per heavy atom. The van der Waals surface area contributed by atoms with Crippen LogP contribution in [-0.2, 0) is 0 Å². The van der Waals surface area contributed by atoms with E-state index in [1.165, 1.54) is 6.39 Å². The van der Waals surface area contributed by atoms with Gasteiger partial charge in [-0.3, -0.25) is 0 Å². The monoisotopic (exact) mass is 316 g/mol. The van der Waals surface area contributed by atoms with Gasteiger partial charge in [0.05, 0.1) is 0 Å². The van der Waals surface area contributed by atoms with Crippen LogP contribution in [0.4, 0.5) is 0 Å². The molecule has 1 aromatic carbocycles. The maximum absolute atomic E-state index is 5.33. The zero-order valence-corrected chi connectivity index (χ0v) is 12.1. The summed E-state index contributed by atoms with van der Waals surface area (Å²) in [6.07, 6.45) is 1.34. The number of nitrogens with zero attached hydrogens (tertiary/aromatic N) is 3. The van der Waals surface area contributed by atoms with Gasteiger partial charge in [0.15, 0.2) is 0 Å². The molecule has 0 fully saturated rings. The van der Waals surface area contributed by atoms with Crippen LogP contribution in [-0.4, -0.2) is 14.8 Å². The van der Waals surface area contributed by atoms with E-state index in [0.717, 1.165) is 27.1 Å². The zero-order valence-electron chi connectivity index (χ0n) is 10.5. The van der Waals surface area contributed by atoms with E-state index in [0.29, 0.717) is 5.89 Å². The maximum Gasteiger partial charge on any atom is 0.264 e. The third-order valence-electron chi connectivity index (χ3n) is 2.91. The van der Waals surface area contributed by atoms with Crippen molar-refractivity contribution in [3.05, 3.63) is 52.5 Å². The molecular weight excluding hydrogens is 306 g/mol. The average Bonchev–Trinajstić information content (AvgIpc) is 2.96. The molecule has 3 aromatic rings. The molecule has 1 radical (unpaired) electrons. The smallest absolute Gasteiger partial charge is 0.264 e. The third-order valence-corrected chi connectivity index (χ3v) is 3.40. The molecule has 3 rings (SSSR count). The van der Waals surface area contributed by atoms with E-state index in [1.807, 2.05) is 38.1 Å². The summed E-state index contributed by atoms with van der Waals surface area (Å²) in [4.78, 5) is 0. The highest BCUT2D eigenvalue weighted by Gasteiger charge is 2.17.